The molecule has 7 nitrogen and oxygen atoms in total. The molecular formula is C22H24N4O3. The highest BCUT2D eigenvalue weighted by molar-refractivity contribution is 5.94. The number of furan rings is 1. The van der Waals surface area contributed by atoms with Gasteiger partial charge in [0.25, 0.3) is 5.91 Å². The molecular weight excluding hydrogens is 368 g/mol. The van der Waals surface area contributed by atoms with Crippen LogP contribution in [0.1, 0.15) is 28.5 Å². The number of aromatic nitrogens is 2. The molecule has 3 heterocycles. The largest absolute Gasteiger partial charge is 0.463 e. The SMILES string of the molecule is CC(=O)N1CCN(C(=O)c2cc(-c3ccco3)nn2-c2cc(C)ccc2C)CC1. The van der Waals surface area contributed by atoms with Crippen molar-refractivity contribution in [2.24, 2.45) is 0 Å². The minimum atomic E-state index is -0.0978. The zero-order valence-electron chi connectivity index (χ0n) is 16.9. The molecule has 2 aromatic heterocycles. The average molecular weight is 392 g/mol. The highest BCUT2D eigenvalue weighted by Gasteiger charge is 2.27. The molecule has 2 amide bonds. The molecule has 0 aliphatic carbocycles. The van der Waals surface area contributed by atoms with Crippen molar-refractivity contribution in [1.82, 2.24) is 19.6 Å². The Morgan fingerprint density at radius 2 is 1.72 bits per heavy atom. The van der Waals surface area contributed by atoms with Crippen molar-refractivity contribution in [3.05, 3.63) is 59.5 Å². The first-order chi connectivity index (χ1) is 13.9. The Labute approximate surface area is 169 Å². The number of hydrogen-bond acceptors (Lipinski definition) is 4. The first-order valence-electron chi connectivity index (χ1n) is 9.70. The van der Waals surface area contributed by atoms with Crippen molar-refractivity contribution in [2.45, 2.75) is 20.8 Å². The molecule has 0 unspecified atom stereocenters. The van der Waals surface area contributed by atoms with Gasteiger partial charge in [-0.25, -0.2) is 4.68 Å². The number of carbonyl (C=O) groups is 2. The Hall–Kier alpha value is -3.35. The standard InChI is InChI=1S/C22H24N4O3/c1-15-6-7-16(2)19(13-15)26-20(14-18(23-26)21-5-4-12-29-21)22(28)25-10-8-24(9-11-25)17(3)27/h4-7,12-14H,8-11H2,1-3H3. The van der Waals surface area contributed by atoms with E-state index in [1.807, 2.05) is 38.1 Å². The first-order valence-corrected chi connectivity index (χ1v) is 9.70. The van der Waals surface area contributed by atoms with E-state index in [1.165, 1.54) is 0 Å². The van der Waals surface area contributed by atoms with Crippen LogP contribution in [0.3, 0.4) is 0 Å². The Morgan fingerprint density at radius 3 is 2.38 bits per heavy atom. The number of piperazine rings is 1. The number of hydrogen-bond donors (Lipinski definition) is 0. The lowest BCUT2D eigenvalue weighted by molar-refractivity contribution is -0.130. The van der Waals surface area contributed by atoms with Crippen LogP contribution in [0.2, 0.25) is 0 Å². The lowest BCUT2D eigenvalue weighted by Gasteiger charge is -2.34. The van der Waals surface area contributed by atoms with Crippen molar-refractivity contribution in [3.8, 4) is 17.1 Å². The van der Waals surface area contributed by atoms with Crippen molar-refractivity contribution in [3.63, 3.8) is 0 Å². The Morgan fingerprint density at radius 1 is 1.00 bits per heavy atom. The molecule has 0 spiro atoms. The van der Waals surface area contributed by atoms with E-state index in [2.05, 4.69) is 0 Å². The van der Waals surface area contributed by atoms with E-state index < -0.39 is 0 Å². The fraction of sp³-hybridized carbons (Fsp3) is 0.318. The van der Waals surface area contributed by atoms with E-state index in [1.54, 1.807) is 39.8 Å². The van der Waals surface area contributed by atoms with Gasteiger partial charge in [0, 0.05) is 39.2 Å². The Bertz CT molecular complexity index is 1040. The van der Waals surface area contributed by atoms with Crippen LogP contribution in [-0.2, 0) is 4.79 Å². The van der Waals surface area contributed by atoms with E-state index in [4.69, 9.17) is 9.52 Å². The molecule has 29 heavy (non-hydrogen) atoms. The fourth-order valence-electron chi connectivity index (χ4n) is 3.60. The van der Waals surface area contributed by atoms with Crippen LogP contribution in [0, 0.1) is 13.8 Å². The smallest absolute Gasteiger partial charge is 0.272 e. The third kappa shape index (κ3) is 3.68. The van der Waals surface area contributed by atoms with E-state index in [9.17, 15) is 9.59 Å². The van der Waals surface area contributed by atoms with Gasteiger partial charge in [0.05, 0.1) is 12.0 Å². The van der Waals surface area contributed by atoms with Crippen molar-refractivity contribution >= 4 is 11.8 Å². The summed E-state index contributed by atoms with van der Waals surface area (Å²) in [6.07, 6.45) is 1.59. The van der Waals surface area contributed by atoms with Gasteiger partial charge in [-0.2, -0.15) is 5.10 Å². The van der Waals surface area contributed by atoms with Gasteiger partial charge < -0.3 is 14.2 Å². The molecule has 4 rings (SSSR count). The summed E-state index contributed by atoms with van der Waals surface area (Å²) in [5, 5.41) is 4.69. The topological polar surface area (TPSA) is 71.6 Å². The van der Waals surface area contributed by atoms with E-state index in [0.717, 1.165) is 16.8 Å². The summed E-state index contributed by atoms with van der Waals surface area (Å²) in [4.78, 5) is 28.5. The highest BCUT2D eigenvalue weighted by atomic mass is 16.3. The zero-order chi connectivity index (χ0) is 20.5. The summed E-state index contributed by atoms with van der Waals surface area (Å²) < 4.78 is 7.21. The van der Waals surface area contributed by atoms with E-state index in [-0.39, 0.29) is 11.8 Å². The van der Waals surface area contributed by atoms with Gasteiger partial charge in [-0.05, 0) is 43.2 Å². The number of amides is 2. The zero-order valence-corrected chi connectivity index (χ0v) is 16.9. The van der Waals surface area contributed by atoms with Crippen LogP contribution in [-0.4, -0.2) is 57.6 Å². The van der Waals surface area contributed by atoms with Crippen LogP contribution in [0.15, 0.2) is 47.1 Å². The van der Waals surface area contributed by atoms with Gasteiger partial charge in [-0.3, -0.25) is 9.59 Å². The normalized spacial score (nSPS) is 14.3. The predicted molar refractivity (Wildman–Crippen MR) is 109 cm³/mol. The molecule has 1 aliphatic heterocycles. The summed E-state index contributed by atoms with van der Waals surface area (Å²) in [6, 6.07) is 11.5. The van der Waals surface area contributed by atoms with Crippen molar-refractivity contribution in [2.75, 3.05) is 26.2 Å². The van der Waals surface area contributed by atoms with Gasteiger partial charge in [-0.15, -0.1) is 0 Å². The van der Waals surface area contributed by atoms with E-state index in [0.29, 0.717) is 43.3 Å². The molecule has 0 radical (unpaired) electrons. The fourth-order valence-corrected chi connectivity index (χ4v) is 3.60. The summed E-state index contributed by atoms with van der Waals surface area (Å²) in [5.74, 6) is 0.557. The molecule has 0 bridgehead atoms. The maximum absolute atomic E-state index is 13.4. The van der Waals surface area contributed by atoms with Crippen molar-refractivity contribution in [1.29, 1.82) is 0 Å². The maximum Gasteiger partial charge on any atom is 0.272 e. The quantitative estimate of drug-likeness (QED) is 0.687. The molecule has 7 heteroatoms. The minimum Gasteiger partial charge on any atom is -0.463 e. The highest BCUT2D eigenvalue weighted by Crippen LogP contribution is 2.25. The third-order valence-electron chi connectivity index (χ3n) is 5.31. The number of rotatable bonds is 3. The molecule has 0 saturated carbocycles. The van der Waals surface area contributed by atoms with Gasteiger partial charge >= 0.3 is 0 Å². The average Bonchev–Trinajstić information content (AvgIpc) is 3.39. The van der Waals surface area contributed by atoms with Crippen molar-refractivity contribution < 1.29 is 14.0 Å². The number of carbonyl (C=O) groups excluding carboxylic acids is 2. The van der Waals surface area contributed by atoms with Crippen LogP contribution < -0.4 is 0 Å². The molecule has 150 valence electrons. The molecule has 1 saturated heterocycles. The first kappa shape index (κ1) is 19.0. The van der Waals surface area contributed by atoms with Gasteiger partial charge in [0.15, 0.2) is 5.76 Å². The third-order valence-corrected chi connectivity index (χ3v) is 5.31. The van der Waals surface area contributed by atoms with Crippen LogP contribution >= 0.6 is 0 Å². The molecule has 1 fully saturated rings. The predicted octanol–water partition coefficient (Wildman–Crippen LogP) is 3.05. The lowest BCUT2D eigenvalue weighted by Crippen LogP contribution is -2.50. The minimum absolute atomic E-state index is 0.0395. The van der Waals surface area contributed by atoms with E-state index >= 15 is 0 Å². The second-order valence-electron chi connectivity index (χ2n) is 7.39. The molecule has 1 aliphatic rings. The monoisotopic (exact) mass is 392 g/mol. The summed E-state index contributed by atoms with van der Waals surface area (Å²) in [7, 11) is 0. The van der Waals surface area contributed by atoms with Gasteiger partial charge in [-0.1, -0.05) is 12.1 Å². The molecule has 0 N–H and O–H groups in total. The van der Waals surface area contributed by atoms with Gasteiger partial charge in [0.2, 0.25) is 5.91 Å². The Balaban J connectivity index is 1.73. The summed E-state index contributed by atoms with van der Waals surface area (Å²) in [5.41, 5.74) is 4.09. The molecule has 3 aromatic rings. The number of benzene rings is 1. The lowest BCUT2D eigenvalue weighted by atomic mass is 10.1. The number of aryl methyl sites for hydroxylation is 2. The second-order valence-corrected chi connectivity index (χ2v) is 7.39. The summed E-state index contributed by atoms with van der Waals surface area (Å²) >= 11 is 0. The number of nitrogens with zero attached hydrogens (tertiary/aromatic N) is 4. The molecule has 0 atom stereocenters. The second kappa shape index (κ2) is 7.58. The van der Waals surface area contributed by atoms with Crippen LogP contribution in [0.5, 0.6) is 0 Å². The summed E-state index contributed by atoms with van der Waals surface area (Å²) in [6.45, 7) is 7.68. The van der Waals surface area contributed by atoms with Gasteiger partial charge in [0.1, 0.15) is 11.4 Å². The maximum atomic E-state index is 13.4. The molecule has 1 aromatic carbocycles. The van der Waals surface area contributed by atoms with Crippen LogP contribution in [0.4, 0.5) is 0 Å². The Kier molecular flexibility index (Phi) is 4.96. The van der Waals surface area contributed by atoms with Crippen LogP contribution in [0.25, 0.3) is 17.1 Å².